The highest BCUT2D eigenvalue weighted by Crippen LogP contribution is 2.24. The van der Waals surface area contributed by atoms with Crippen molar-refractivity contribution in [3.05, 3.63) is 72.2 Å². The molecule has 2 aromatic carbocycles. The van der Waals surface area contributed by atoms with E-state index in [2.05, 4.69) is 0 Å². The summed E-state index contributed by atoms with van der Waals surface area (Å²) in [6.45, 7) is 0.288. The number of nitrogens with zero attached hydrogens (tertiary/aromatic N) is 1. The predicted octanol–water partition coefficient (Wildman–Crippen LogP) is 3.19. The first-order valence-corrected chi connectivity index (χ1v) is 10.8. The summed E-state index contributed by atoms with van der Waals surface area (Å²) in [4.78, 5) is 14.8. The molecule has 6 heteroatoms. The van der Waals surface area contributed by atoms with Crippen LogP contribution in [0.1, 0.15) is 17.7 Å². The molecule has 1 aliphatic rings. The third kappa shape index (κ3) is 3.90. The van der Waals surface area contributed by atoms with Crippen molar-refractivity contribution < 1.29 is 17.6 Å². The molecule has 0 bridgehead atoms. The molecule has 1 atom stereocenters. The van der Waals surface area contributed by atoms with Gasteiger partial charge in [-0.2, -0.15) is 0 Å². The summed E-state index contributed by atoms with van der Waals surface area (Å²) in [7, 11) is -3.08. The van der Waals surface area contributed by atoms with Gasteiger partial charge in [0.25, 0.3) is 0 Å². The molecule has 0 unspecified atom stereocenters. The molecule has 3 aromatic rings. The van der Waals surface area contributed by atoms with Gasteiger partial charge in [0.15, 0.2) is 9.84 Å². The van der Waals surface area contributed by atoms with Crippen LogP contribution in [0.3, 0.4) is 0 Å². The van der Waals surface area contributed by atoms with E-state index >= 15 is 0 Å². The average Bonchev–Trinajstić information content (AvgIpc) is 3.29. The van der Waals surface area contributed by atoms with Crippen LogP contribution in [0.2, 0.25) is 0 Å². The molecular weight excluding hydrogens is 362 g/mol. The van der Waals surface area contributed by atoms with Gasteiger partial charge in [0.1, 0.15) is 5.76 Å². The highest BCUT2D eigenvalue weighted by Gasteiger charge is 2.35. The van der Waals surface area contributed by atoms with Crippen molar-refractivity contribution in [2.24, 2.45) is 0 Å². The van der Waals surface area contributed by atoms with Crippen molar-refractivity contribution in [1.29, 1.82) is 0 Å². The third-order valence-electron chi connectivity index (χ3n) is 5.10. The largest absolute Gasteiger partial charge is 0.467 e. The molecular formula is C21H21NO4S. The third-order valence-corrected chi connectivity index (χ3v) is 6.85. The minimum Gasteiger partial charge on any atom is -0.467 e. The molecule has 1 amide bonds. The number of sulfone groups is 1. The molecule has 0 N–H and O–H groups in total. The first kappa shape index (κ1) is 17.8. The van der Waals surface area contributed by atoms with E-state index in [4.69, 9.17) is 4.42 Å². The summed E-state index contributed by atoms with van der Waals surface area (Å²) in [5.74, 6) is 0.735. The van der Waals surface area contributed by atoms with Crippen LogP contribution in [0, 0.1) is 0 Å². The van der Waals surface area contributed by atoms with E-state index in [1.165, 1.54) is 0 Å². The van der Waals surface area contributed by atoms with Crippen LogP contribution in [-0.2, 0) is 27.6 Å². The molecule has 1 aliphatic heterocycles. The minimum absolute atomic E-state index is 0.0228. The molecule has 4 rings (SSSR count). The van der Waals surface area contributed by atoms with Crippen LogP contribution < -0.4 is 0 Å². The Morgan fingerprint density at radius 2 is 1.89 bits per heavy atom. The Hall–Kier alpha value is -2.60. The van der Waals surface area contributed by atoms with Crippen molar-refractivity contribution in [3.63, 3.8) is 0 Å². The van der Waals surface area contributed by atoms with E-state index in [-0.39, 0.29) is 36.4 Å². The summed E-state index contributed by atoms with van der Waals surface area (Å²) in [6.07, 6.45) is 2.27. The lowest BCUT2D eigenvalue weighted by molar-refractivity contribution is -0.133. The second-order valence-corrected chi connectivity index (χ2v) is 9.20. The normalized spacial score (nSPS) is 18.6. The van der Waals surface area contributed by atoms with E-state index in [1.54, 1.807) is 17.2 Å². The fourth-order valence-electron chi connectivity index (χ4n) is 3.72. The molecule has 0 saturated carbocycles. The second-order valence-electron chi connectivity index (χ2n) is 6.97. The van der Waals surface area contributed by atoms with E-state index in [0.29, 0.717) is 12.2 Å². The smallest absolute Gasteiger partial charge is 0.227 e. The molecule has 1 aromatic heterocycles. The maximum absolute atomic E-state index is 13.2. The summed E-state index contributed by atoms with van der Waals surface area (Å²) in [5, 5.41) is 2.13. The SMILES string of the molecule is O=C(Cc1cccc2ccccc12)N(Cc1ccco1)[C@@H]1CCS(=O)(=O)C1. The summed E-state index contributed by atoms with van der Waals surface area (Å²) in [5.41, 5.74) is 0.948. The minimum atomic E-state index is -3.08. The van der Waals surface area contributed by atoms with Gasteiger partial charge in [-0.15, -0.1) is 0 Å². The van der Waals surface area contributed by atoms with Crippen LogP contribution in [0.4, 0.5) is 0 Å². The number of benzene rings is 2. The van der Waals surface area contributed by atoms with Gasteiger partial charge in [-0.1, -0.05) is 42.5 Å². The zero-order chi connectivity index (χ0) is 18.9. The average molecular weight is 383 g/mol. The highest BCUT2D eigenvalue weighted by atomic mass is 32.2. The Kier molecular flexibility index (Phi) is 4.74. The molecule has 140 valence electrons. The summed E-state index contributed by atoms with van der Waals surface area (Å²) in [6, 6.07) is 17.2. The number of hydrogen-bond acceptors (Lipinski definition) is 4. The number of fused-ring (bicyclic) bond motifs is 1. The van der Waals surface area contributed by atoms with E-state index in [9.17, 15) is 13.2 Å². The zero-order valence-electron chi connectivity index (χ0n) is 14.9. The molecule has 27 heavy (non-hydrogen) atoms. The molecule has 2 heterocycles. The topological polar surface area (TPSA) is 67.6 Å². The molecule has 0 radical (unpaired) electrons. The Bertz CT molecular complexity index is 1050. The van der Waals surface area contributed by atoms with Crippen molar-refractivity contribution in [1.82, 2.24) is 4.90 Å². The Labute approximate surface area is 158 Å². The molecule has 5 nitrogen and oxygen atoms in total. The maximum Gasteiger partial charge on any atom is 0.227 e. The monoisotopic (exact) mass is 383 g/mol. The fraction of sp³-hybridized carbons (Fsp3) is 0.286. The number of carbonyl (C=O) groups is 1. The van der Waals surface area contributed by atoms with Crippen molar-refractivity contribution in [2.75, 3.05) is 11.5 Å². The van der Waals surface area contributed by atoms with Gasteiger partial charge < -0.3 is 9.32 Å². The number of rotatable bonds is 5. The van der Waals surface area contributed by atoms with E-state index in [1.807, 2.05) is 48.5 Å². The first-order valence-electron chi connectivity index (χ1n) is 9.01. The number of hydrogen-bond donors (Lipinski definition) is 0. The second kappa shape index (κ2) is 7.19. The quantitative estimate of drug-likeness (QED) is 0.679. The lowest BCUT2D eigenvalue weighted by Crippen LogP contribution is -2.41. The Balaban J connectivity index is 1.61. The van der Waals surface area contributed by atoms with Gasteiger partial charge in [0.05, 0.1) is 30.7 Å². The van der Waals surface area contributed by atoms with Crippen LogP contribution >= 0.6 is 0 Å². The fourth-order valence-corrected chi connectivity index (χ4v) is 5.45. The number of amides is 1. The van der Waals surface area contributed by atoms with Crippen LogP contribution in [0.5, 0.6) is 0 Å². The van der Waals surface area contributed by atoms with Crippen molar-refractivity contribution in [2.45, 2.75) is 25.4 Å². The molecule has 1 saturated heterocycles. The number of furan rings is 1. The summed E-state index contributed by atoms with van der Waals surface area (Å²) >= 11 is 0. The Morgan fingerprint density at radius 3 is 2.63 bits per heavy atom. The maximum atomic E-state index is 13.2. The van der Waals surface area contributed by atoms with Gasteiger partial charge in [0, 0.05) is 6.04 Å². The van der Waals surface area contributed by atoms with Crippen molar-refractivity contribution in [3.8, 4) is 0 Å². The van der Waals surface area contributed by atoms with Crippen LogP contribution in [0.25, 0.3) is 10.8 Å². The van der Waals surface area contributed by atoms with Gasteiger partial charge in [0.2, 0.25) is 5.91 Å². The van der Waals surface area contributed by atoms with Crippen molar-refractivity contribution >= 4 is 26.5 Å². The van der Waals surface area contributed by atoms with Crippen LogP contribution in [-0.4, -0.2) is 36.8 Å². The first-order chi connectivity index (χ1) is 13.0. The predicted molar refractivity (Wildman–Crippen MR) is 104 cm³/mol. The highest BCUT2D eigenvalue weighted by molar-refractivity contribution is 7.91. The lowest BCUT2D eigenvalue weighted by Gasteiger charge is -2.27. The van der Waals surface area contributed by atoms with Gasteiger partial charge in [-0.3, -0.25) is 4.79 Å². The van der Waals surface area contributed by atoms with E-state index in [0.717, 1.165) is 16.3 Å². The van der Waals surface area contributed by atoms with Gasteiger partial charge in [-0.25, -0.2) is 8.42 Å². The van der Waals surface area contributed by atoms with Gasteiger partial charge in [-0.05, 0) is 34.9 Å². The van der Waals surface area contributed by atoms with Gasteiger partial charge >= 0.3 is 0 Å². The molecule has 0 spiro atoms. The Morgan fingerprint density at radius 1 is 1.07 bits per heavy atom. The lowest BCUT2D eigenvalue weighted by atomic mass is 10.0. The summed E-state index contributed by atoms with van der Waals surface area (Å²) < 4.78 is 29.3. The number of carbonyl (C=O) groups excluding carboxylic acids is 1. The van der Waals surface area contributed by atoms with E-state index < -0.39 is 9.84 Å². The standard InChI is InChI=1S/C21H21NO4S/c23-21(13-17-7-3-6-16-5-1-2-9-20(16)17)22(14-19-8-4-11-26-19)18-10-12-27(24,25)15-18/h1-9,11,18H,10,12-15H2/t18-/m1/s1. The molecule has 1 fully saturated rings. The van der Waals surface area contributed by atoms with Crippen LogP contribution in [0.15, 0.2) is 65.3 Å². The molecule has 0 aliphatic carbocycles. The zero-order valence-corrected chi connectivity index (χ0v) is 15.7.